The fourth-order valence-corrected chi connectivity index (χ4v) is 14.8. The monoisotopic (exact) mass is 1670 g/mol. The summed E-state index contributed by atoms with van der Waals surface area (Å²) in [5, 5.41) is 9.21. The van der Waals surface area contributed by atoms with Crippen molar-refractivity contribution in [2.45, 2.75) is 6.92 Å². The van der Waals surface area contributed by atoms with Gasteiger partial charge in [0, 0.05) is 81.1 Å². The smallest absolute Gasteiger partial charge is 0.160 e. The second-order valence-electron chi connectivity index (χ2n) is 30.5. The van der Waals surface area contributed by atoms with E-state index in [9.17, 15) is 9.65 Å². The zero-order valence-electron chi connectivity index (χ0n) is 70.1. The quantitative estimate of drug-likeness (QED) is 0.0780. The highest BCUT2D eigenvalue weighted by atomic mass is 19.1. The largest absolute Gasteiger partial charge is 0.254 e. The van der Waals surface area contributed by atoms with E-state index in [0.29, 0.717) is 57.2 Å². The van der Waals surface area contributed by atoms with Crippen LogP contribution in [0, 0.1) is 24.1 Å². The number of aryl methyl sites for hydroxylation is 1. The summed E-state index contributed by atoms with van der Waals surface area (Å²) in [6.45, 7) is 2.03. The molecule has 0 atom stereocenters. The molecule has 130 heavy (non-hydrogen) atoms. The van der Waals surface area contributed by atoms with Crippen molar-refractivity contribution in [3.63, 3.8) is 0 Å². The highest BCUT2D eigenvalue weighted by Crippen LogP contribution is 2.38. The van der Waals surface area contributed by atoms with E-state index < -0.39 is 5.82 Å². The van der Waals surface area contributed by atoms with Gasteiger partial charge in [-0.3, -0.25) is 29.9 Å². The summed E-state index contributed by atoms with van der Waals surface area (Å²) < 4.78 is 13.6. The van der Waals surface area contributed by atoms with Crippen molar-refractivity contribution in [2.75, 3.05) is 0 Å². The number of hydrogen-bond donors (Lipinski definition) is 0. The van der Waals surface area contributed by atoms with Gasteiger partial charge in [-0.25, -0.2) is 49.2 Å². The first-order valence-corrected chi connectivity index (χ1v) is 42.2. The SMILES string of the molecule is Cc1ccc(-c2cc(-c3ccccc3)cc(-c3ccc(-c4cc(-c5ccccc5)nc(-c5ccccc5)n4)cn3)n2)nc1.Fc1ccc(-c2cc(-c3ccccc3)cc(-c3ccc(-c4cc(-c5ccccc5)nc(-c5ccccc5)n4)cn3)n2)nc1.N#Cc1ccc(-c2cc(-c3ccccc3)cc(-c3ccc(-c4cc(-c5ccccc5)nc(-c5ccccc5)n4)cn3)n2)nc1. The molecule has 0 fully saturated rings. The molecule has 0 aliphatic heterocycles. The molecule has 0 aliphatic carbocycles. The Morgan fingerprint density at radius 2 is 0.408 bits per heavy atom. The molecule has 0 saturated carbocycles. The maximum Gasteiger partial charge on any atom is 0.160 e. The van der Waals surface area contributed by atoms with Gasteiger partial charge in [-0.15, -0.1) is 0 Å². The van der Waals surface area contributed by atoms with Crippen LogP contribution in [0.3, 0.4) is 0 Å². The average Bonchev–Trinajstić information content (AvgIpc) is 0.797. The Bertz CT molecular complexity index is 7040. The standard InChI is InChI=1S/C38H24N6.C38H27N5.C37H24FN5/c39-23-26-16-18-32(40-24-26)36-20-31(27-10-4-1-5-11-27)21-37(42-36)33-19-17-30(25-41-33)35-22-34(28-12-6-2-7-13-28)43-38(44-35)29-14-8-3-9-15-29;1-26-17-19-32(39-24-26)36-21-31(27-11-5-2-6-12-27)22-37(41-36)33-20-18-30(25-40-33)35-23-34(28-13-7-3-8-14-28)42-38(43-35)29-15-9-4-10-16-29;38-30-17-19-32(40-24-30)36-21-29(25-10-4-1-5-11-25)20-35(41-36)31-18-16-28(23-39-31)34-22-33(26-12-6-2-7-13-26)42-37(43-34)27-14-8-3-9-15-27/h1-22,24-25H;2-25H,1H3;1-24H. The fourth-order valence-electron chi connectivity index (χ4n) is 14.8. The summed E-state index contributed by atoms with van der Waals surface area (Å²) in [7, 11) is 0. The second kappa shape index (κ2) is 38.4. The molecule has 0 N–H and O–H groups in total. The van der Waals surface area contributed by atoms with E-state index in [1.165, 1.54) is 12.3 Å². The molecule has 12 heterocycles. The van der Waals surface area contributed by atoms with E-state index in [-0.39, 0.29) is 0 Å². The van der Waals surface area contributed by atoms with Gasteiger partial charge in [0.05, 0.1) is 114 Å². The maximum atomic E-state index is 13.6. The average molecular weight is 1680 g/mol. The first kappa shape index (κ1) is 81.6. The minimum atomic E-state index is -0.393. The summed E-state index contributed by atoms with van der Waals surface area (Å²) in [6.07, 6.45) is 10.1. The zero-order valence-corrected chi connectivity index (χ0v) is 70.1. The number of hydrogen-bond acceptors (Lipinski definition) is 16. The van der Waals surface area contributed by atoms with E-state index in [4.69, 9.17) is 59.8 Å². The number of pyridine rings is 9. The van der Waals surface area contributed by atoms with E-state index in [1.54, 1.807) is 18.3 Å². The molecule has 9 aromatic carbocycles. The van der Waals surface area contributed by atoms with Gasteiger partial charge in [-0.05, 0) is 167 Å². The number of rotatable bonds is 18. The van der Waals surface area contributed by atoms with Crippen molar-refractivity contribution < 1.29 is 4.39 Å². The van der Waals surface area contributed by atoms with Gasteiger partial charge >= 0.3 is 0 Å². The first-order chi connectivity index (χ1) is 64.1. The van der Waals surface area contributed by atoms with Gasteiger partial charge in [0.2, 0.25) is 0 Å². The molecule has 0 bridgehead atoms. The summed E-state index contributed by atoms with van der Waals surface area (Å²) in [6, 6.07) is 134. The van der Waals surface area contributed by atoms with Crippen LogP contribution in [0.15, 0.2) is 438 Å². The lowest BCUT2D eigenvalue weighted by Gasteiger charge is -2.11. The molecule has 17 heteroatoms. The van der Waals surface area contributed by atoms with Crippen LogP contribution in [-0.4, -0.2) is 74.8 Å². The van der Waals surface area contributed by atoms with Crippen LogP contribution in [0.25, 0.3) is 203 Å². The van der Waals surface area contributed by atoms with E-state index in [2.05, 4.69) is 81.7 Å². The molecule has 0 aliphatic rings. The van der Waals surface area contributed by atoms with Crippen molar-refractivity contribution in [2.24, 2.45) is 0 Å². The Balaban J connectivity index is 0.000000126. The summed E-state index contributed by atoms with van der Waals surface area (Å²) >= 11 is 0. The van der Waals surface area contributed by atoms with Crippen molar-refractivity contribution in [3.8, 4) is 209 Å². The first-order valence-electron chi connectivity index (χ1n) is 42.2. The zero-order chi connectivity index (χ0) is 87.7. The summed E-state index contributed by atoms with van der Waals surface area (Å²) in [4.78, 5) is 72.1. The highest BCUT2D eigenvalue weighted by molar-refractivity contribution is 5.82. The molecule has 16 nitrogen and oxygen atoms in total. The number of aromatic nitrogens is 15. The van der Waals surface area contributed by atoms with Crippen molar-refractivity contribution in [1.29, 1.82) is 5.26 Å². The third kappa shape index (κ3) is 19.3. The number of benzene rings is 9. The van der Waals surface area contributed by atoms with Crippen molar-refractivity contribution in [1.82, 2.24) is 74.8 Å². The molecule has 0 unspecified atom stereocenters. The normalized spacial score (nSPS) is 10.8. The van der Waals surface area contributed by atoms with Gasteiger partial charge in [0.1, 0.15) is 11.9 Å². The topological polar surface area (TPSA) is 217 Å². The van der Waals surface area contributed by atoms with Crippen molar-refractivity contribution in [3.05, 3.63) is 455 Å². The van der Waals surface area contributed by atoms with Crippen molar-refractivity contribution >= 4 is 0 Å². The van der Waals surface area contributed by atoms with E-state index >= 15 is 0 Å². The van der Waals surface area contributed by atoms with Gasteiger partial charge < -0.3 is 0 Å². The molecule has 0 amide bonds. The molecule has 21 aromatic rings. The van der Waals surface area contributed by atoms with Crippen LogP contribution in [0.1, 0.15) is 11.1 Å². The predicted molar refractivity (Wildman–Crippen MR) is 514 cm³/mol. The lowest BCUT2D eigenvalue weighted by molar-refractivity contribution is 0.622. The van der Waals surface area contributed by atoms with Crippen LogP contribution in [0.2, 0.25) is 0 Å². The molecule has 0 saturated heterocycles. The Kier molecular flexibility index (Phi) is 24.1. The molecule has 614 valence electrons. The van der Waals surface area contributed by atoms with Gasteiger partial charge in [0.25, 0.3) is 0 Å². The molecule has 0 spiro atoms. The minimum absolute atomic E-state index is 0.393. The highest BCUT2D eigenvalue weighted by Gasteiger charge is 2.20. The van der Waals surface area contributed by atoms with Gasteiger partial charge in [0.15, 0.2) is 17.5 Å². The number of nitriles is 1. The van der Waals surface area contributed by atoms with E-state index in [1.807, 2.05) is 353 Å². The van der Waals surface area contributed by atoms with Crippen LogP contribution in [0.4, 0.5) is 4.39 Å². The lowest BCUT2D eigenvalue weighted by Crippen LogP contribution is -1.97. The minimum Gasteiger partial charge on any atom is -0.254 e. The number of halogens is 1. The number of nitrogens with zero attached hydrogens (tertiary/aromatic N) is 16. The Morgan fingerprint density at radius 1 is 0.177 bits per heavy atom. The van der Waals surface area contributed by atoms with Crippen LogP contribution < -0.4 is 0 Å². The van der Waals surface area contributed by atoms with Crippen LogP contribution in [0.5, 0.6) is 0 Å². The molecule has 21 rings (SSSR count). The fraction of sp³-hybridized carbons (Fsp3) is 0.00885. The third-order valence-electron chi connectivity index (χ3n) is 21.6. The Hall–Kier alpha value is -18.0. The van der Waals surface area contributed by atoms with Crippen LogP contribution in [-0.2, 0) is 0 Å². The molecular weight excluding hydrogens is 1600 g/mol. The third-order valence-corrected chi connectivity index (χ3v) is 21.6. The molecule has 0 radical (unpaired) electrons. The van der Waals surface area contributed by atoms with Gasteiger partial charge in [-0.1, -0.05) is 279 Å². The van der Waals surface area contributed by atoms with E-state index in [0.717, 1.165) is 157 Å². The molecule has 12 aromatic heterocycles. The predicted octanol–water partition coefficient (Wildman–Crippen LogP) is 26.3. The maximum absolute atomic E-state index is 13.6. The second-order valence-corrected chi connectivity index (χ2v) is 30.5. The molecular formula is C113H75FN16. The Morgan fingerprint density at radius 3 is 0.638 bits per heavy atom. The summed E-state index contributed by atoms with van der Waals surface area (Å²) in [5.41, 5.74) is 29.9. The van der Waals surface area contributed by atoms with Crippen LogP contribution >= 0.6 is 0 Å². The lowest BCUT2D eigenvalue weighted by atomic mass is 10.0. The van der Waals surface area contributed by atoms with Gasteiger partial charge in [-0.2, -0.15) is 5.26 Å². The summed E-state index contributed by atoms with van der Waals surface area (Å²) in [5.74, 6) is 1.59. The Labute approximate surface area is 750 Å².